The normalized spacial score (nSPS) is 22.3. The van der Waals surface area contributed by atoms with Crippen LogP contribution in [0.3, 0.4) is 0 Å². The molecule has 0 saturated heterocycles. The fourth-order valence-electron chi connectivity index (χ4n) is 2.97. The van der Waals surface area contributed by atoms with E-state index in [1.165, 1.54) is 36.8 Å². The van der Waals surface area contributed by atoms with Crippen LogP contribution in [0.15, 0.2) is 24.3 Å². The number of hydrogen-bond acceptors (Lipinski definition) is 2. The number of ether oxygens (including phenoxy) is 2. The molecule has 0 aromatic heterocycles. The van der Waals surface area contributed by atoms with Crippen LogP contribution in [0.25, 0.3) is 0 Å². The molecule has 1 aliphatic rings. The van der Waals surface area contributed by atoms with Gasteiger partial charge in [0.15, 0.2) is 0 Å². The van der Waals surface area contributed by atoms with Gasteiger partial charge in [-0.15, -0.1) is 0 Å². The van der Waals surface area contributed by atoms with Crippen molar-refractivity contribution in [1.29, 1.82) is 0 Å². The highest BCUT2D eigenvalue weighted by molar-refractivity contribution is 9.09. The first kappa shape index (κ1) is 16.0. The van der Waals surface area contributed by atoms with Crippen LogP contribution in [0.1, 0.15) is 41.6 Å². The molecule has 1 aromatic carbocycles. The van der Waals surface area contributed by atoms with Crippen LogP contribution in [0.5, 0.6) is 0 Å². The minimum absolute atomic E-state index is 0.500. The zero-order valence-corrected chi connectivity index (χ0v) is 13.9. The van der Waals surface area contributed by atoms with Crippen molar-refractivity contribution in [2.75, 3.05) is 26.9 Å². The SMILES string of the molecule is COCCOCCCC1CCCc2ccccc2C1Br. The standard InChI is InChI=1S/C17H25BrO2/c1-19-12-13-20-11-5-9-15-8-4-7-14-6-2-3-10-16(14)17(15)18/h2-3,6,10,15,17H,4-5,7-9,11-13H2,1H3. The number of aryl methyl sites for hydroxylation is 1. The molecule has 0 fully saturated rings. The lowest BCUT2D eigenvalue weighted by atomic mass is 9.92. The van der Waals surface area contributed by atoms with Gasteiger partial charge in [-0.3, -0.25) is 0 Å². The van der Waals surface area contributed by atoms with E-state index in [2.05, 4.69) is 40.2 Å². The van der Waals surface area contributed by atoms with E-state index in [0.717, 1.165) is 18.9 Å². The highest BCUT2D eigenvalue weighted by Crippen LogP contribution is 2.41. The largest absolute Gasteiger partial charge is 0.382 e. The summed E-state index contributed by atoms with van der Waals surface area (Å²) in [5.74, 6) is 0.727. The minimum atomic E-state index is 0.500. The highest BCUT2D eigenvalue weighted by atomic mass is 79.9. The molecular formula is C17H25BrO2. The number of rotatable bonds is 7. The first-order valence-corrected chi connectivity index (χ1v) is 8.53. The Kier molecular flexibility index (Phi) is 7.05. The van der Waals surface area contributed by atoms with E-state index in [4.69, 9.17) is 9.47 Å². The first-order valence-electron chi connectivity index (χ1n) is 7.61. The summed E-state index contributed by atoms with van der Waals surface area (Å²) in [6, 6.07) is 8.87. The number of benzene rings is 1. The summed E-state index contributed by atoms with van der Waals surface area (Å²) >= 11 is 3.94. The Hall–Kier alpha value is -0.380. The van der Waals surface area contributed by atoms with Gasteiger partial charge in [0.25, 0.3) is 0 Å². The van der Waals surface area contributed by atoms with Gasteiger partial charge in [-0.05, 0) is 49.1 Å². The second-order valence-corrected chi connectivity index (χ2v) is 6.49. The topological polar surface area (TPSA) is 18.5 Å². The number of hydrogen-bond donors (Lipinski definition) is 0. The van der Waals surface area contributed by atoms with Crippen LogP contribution in [0, 0.1) is 5.92 Å². The van der Waals surface area contributed by atoms with E-state index < -0.39 is 0 Å². The molecule has 1 aliphatic carbocycles. The van der Waals surface area contributed by atoms with Crippen LogP contribution in [0.4, 0.5) is 0 Å². The fraction of sp³-hybridized carbons (Fsp3) is 0.647. The van der Waals surface area contributed by atoms with Gasteiger partial charge in [0.1, 0.15) is 0 Å². The predicted octanol–water partition coefficient (Wildman–Crippen LogP) is 4.52. The third-order valence-corrected chi connectivity index (χ3v) is 5.32. The maximum atomic E-state index is 5.56. The lowest BCUT2D eigenvalue weighted by molar-refractivity contribution is 0.0670. The Balaban J connectivity index is 1.80. The van der Waals surface area contributed by atoms with Gasteiger partial charge >= 0.3 is 0 Å². The molecule has 0 N–H and O–H groups in total. The summed E-state index contributed by atoms with van der Waals surface area (Å²) in [7, 11) is 1.71. The van der Waals surface area contributed by atoms with Gasteiger partial charge in [0.05, 0.1) is 13.2 Å². The van der Waals surface area contributed by atoms with Gasteiger partial charge in [0.2, 0.25) is 0 Å². The Morgan fingerprint density at radius 1 is 1.20 bits per heavy atom. The first-order chi connectivity index (χ1) is 9.83. The van der Waals surface area contributed by atoms with E-state index in [9.17, 15) is 0 Å². The molecule has 0 saturated carbocycles. The predicted molar refractivity (Wildman–Crippen MR) is 86.5 cm³/mol. The summed E-state index contributed by atoms with van der Waals surface area (Å²) in [5, 5.41) is 0. The van der Waals surface area contributed by atoms with E-state index in [1.54, 1.807) is 7.11 Å². The van der Waals surface area contributed by atoms with E-state index in [0.29, 0.717) is 18.0 Å². The Labute approximate surface area is 131 Å². The second kappa shape index (κ2) is 8.81. The van der Waals surface area contributed by atoms with Crippen molar-refractivity contribution in [3.63, 3.8) is 0 Å². The monoisotopic (exact) mass is 340 g/mol. The average Bonchev–Trinajstić information content (AvgIpc) is 2.63. The number of methoxy groups -OCH3 is 1. The minimum Gasteiger partial charge on any atom is -0.382 e. The molecular weight excluding hydrogens is 316 g/mol. The van der Waals surface area contributed by atoms with Crippen molar-refractivity contribution in [2.24, 2.45) is 5.92 Å². The van der Waals surface area contributed by atoms with Crippen molar-refractivity contribution >= 4 is 15.9 Å². The molecule has 0 aliphatic heterocycles. The molecule has 1 aromatic rings. The van der Waals surface area contributed by atoms with Crippen molar-refractivity contribution in [2.45, 2.75) is 36.9 Å². The smallest absolute Gasteiger partial charge is 0.0700 e. The lowest BCUT2D eigenvalue weighted by Crippen LogP contribution is -2.09. The zero-order valence-electron chi connectivity index (χ0n) is 12.3. The van der Waals surface area contributed by atoms with Crippen LogP contribution >= 0.6 is 15.9 Å². The van der Waals surface area contributed by atoms with E-state index in [-0.39, 0.29) is 0 Å². The number of fused-ring (bicyclic) bond motifs is 1. The van der Waals surface area contributed by atoms with Gasteiger partial charge in [-0.1, -0.05) is 40.2 Å². The zero-order chi connectivity index (χ0) is 14.2. The molecule has 0 heterocycles. The van der Waals surface area contributed by atoms with Crippen LogP contribution in [0.2, 0.25) is 0 Å². The number of halogens is 1. The van der Waals surface area contributed by atoms with Crippen LogP contribution < -0.4 is 0 Å². The molecule has 2 rings (SSSR count). The highest BCUT2D eigenvalue weighted by Gasteiger charge is 2.24. The molecule has 20 heavy (non-hydrogen) atoms. The summed E-state index contributed by atoms with van der Waals surface area (Å²) < 4.78 is 10.5. The van der Waals surface area contributed by atoms with Crippen LogP contribution in [-0.2, 0) is 15.9 Å². The molecule has 2 atom stereocenters. The maximum Gasteiger partial charge on any atom is 0.0700 e. The van der Waals surface area contributed by atoms with Crippen molar-refractivity contribution < 1.29 is 9.47 Å². The molecule has 112 valence electrons. The molecule has 0 bridgehead atoms. The van der Waals surface area contributed by atoms with Gasteiger partial charge < -0.3 is 9.47 Å². The van der Waals surface area contributed by atoms with Gasteiger partial charge in [-0.2, -0.15) is 0 Å². The number of alkyl halides is 1. The Morgan fingerprint density at radius 2 is 2.05 bits per heavy atom. The molecule has 3 heteroatoms. The lowest BCUT2D eigenvalue weighted by Gasteiger charge is -2.21. The van der Waals surface area contributed by atoms with Crippen molar-refractivity contribution in [3.05, 3.63) is 35.4 Å². The fourth-order valence-corrected chi connectivity index (χ4v) is 3.94. The molecule has 0 radical (unpaired) electrons. The average molecular weight is 341 g/mol. The Bertz CT molecular complexity index is 394. The van der Waals surface area contributed by atoms with E-state index in [1.807, 2.05) is 0 Å². The Morgan fingerprint density at radius 3 is 2.90 bits per heavy atom. The summed E-state index contributed by atoms with van der Waals surface area (Å²) in [4.78, 5) is 0.500. The third-order valence-electron chi connectivity index (χ3n) is 4.08. The summed E-state index contributed by atoms with van der Waals surface area (Å²) in [5.41, 5.74) is 3.02. The second-order valence-electron chi connectivity index (χ2n) is 5.50. The van der Waals surface area contributed by atoms with Gasteiger partial charge in [-0.25, -0.2) is 0 Å². The quantitative estimate of drug-likeness (QED) is 0.412. The summed E-state index contributed by atoms with van der Waals surface area (Å²) in [6.45, 7) is 2.25. The van der Waals surface area contributed by atoms with E-state index >= 15 is 0 Å². The van der Waals surface area contributed by atoms with Crippen molar-refractivity contribution in [3.8, 4) is 0 Å². The van der Waals surface area contributed by atoms with Gasteiger partial charge in [0, 0.05) is 18.5 Å². The summed E-state index contributed by atoms with van der Waals surface area (Å²) in [6.07, 6.45) is 6.20. The molecule has 0 amide bonds. The molecule has 0 spiro atoms. The third kappa shape index (κ3) is 4.57. The van der Waals surface area contributed by atoms with Crippen LogP contribution in [-0.4, -0.2) is 26.9 Å². The van der Waals surface area contributed by atoms with Crippen molar-refractivity contribution in [1.82, 2.24) is 0 Å². The molecule has 2 nitrogen and oxygen atoms in total. The molecule has 2 unspecified atom stereocenters. The maximum absolute atomic E-state index is 5.56.